The van der Waals surface area contributed by atoms with Gasteiger partial charge in [-0.3, -0.25) is 0 Å². The lowest BCUT2D eigenvalue weighted by Gasteiger charge is -1.99. The Balaban J connectivity index is 1.81. The van der Waals surface area contributed by atoms with E-state index in [4.69, 9.17) is 5.26 Å². The van der Waals surface area contributed by atoms with Gasteiger partial charge in [0.05, 0.1) is 22.2 Å². The Morgan fingerprint density at radius 3 is 3.06 bits per heavy atom. The zero-order valence-electron chi connectivity index (χ0n) is 8.73. The molecular weight excluding hydrogens is 218 g/mol. The van der Waals surface area contributed by atoms with E-state index in [1.807, 2.05) is 18.5 Å². The van der Waals surface area contributed by atoms with E-state index in [2.05, 4.69) is 21.4 Å². The Morgan fingerprint density at radius 2 is 2.44 bits per heavy atom. The molecule has 16 heavy (non-hydrogen) atoms. The minimum atomic E-state index is -0.0900. The van der Waals surface area contributed by atoms with Crippen LogP contribution in [0.4, 0.5) is 0 Å². The number of rotatable bonds is 3. The molecule has 0 spiro atoms. The average Bonchev–Trinajstić information content (AvgIpc) is 2.72. The Bertz CT molecular complexity index is 529. The number of aromatic amines is 1. The first-order chi connectivity index (χ1) is 7.81. The molecule has 0 atom stereocenters. The van der Waals surface area contributed by atoms with Gasteiger partial charge in [-0.1, -0.05) is 0 Å². The zero-order chi connectivity index (χ0) is 11.0. The Kier molecular flexibility index (Phi) is 2.08. The van der Waals surface area contributed by atoms with E-state index in [0.717, 1.165) is 35.5 Å². The summed E-state index contributed by atoms with van der Waals surface area (Å²) >= 11 is 1.65. The van der Waals surface area contributed by atoms with Gasteiger partial charge in [-0.25, -0.2) is 4.98 Å². The first kappa shape index (κ1) is 9.61. The van der Waals surface area contributed by atoms with E-state index in [1.165, 1.54) is 0 Å². The number of nitrogens with one attached hydrogen (secondary N) is 1. The van der Waals surface area contributed by atoms with Gasteiger partial charge in [0.2, 0.25) is 0 Å². The SMILES string of the molecule is N#CC1(Cc2nc(-c3cc[nH]c3)cs2)CC1. The highest BCUT2D eigenvalue weighted by Gasteiger charge is 2.43. The van der Waals surface area contributed by atoms with Crippen molar-refractivity contribution in [2.24, 2.45) is 5.41 Å². The fourth-order valence-electron chi connectivity index (χ4n) is 1.78. The smallest absolute Gasteiger partial charge is 0.0948 e. The summed E-state index contributed by atoms with van der Waals surface area (Å²) in [5.41, 5.74) is 2.03. The summed E-state index contributed by atoms with van der Waals surface area (Å²) in [7, 11) is 0. The van der Waals surface area contributed by atoms with Crippen LogP contribution < -0.4 is 0 Å². The van der Waals surface area contributed by atoms with Crippen LogP contribution in [0.1, 0.15) is 17.8 Å². The highest BCUT2D eigenvalue weighted by Crippen LogP contribution is 2.48. The number of hydrogen-bond donors (Lipinski definition) is 1. The van der Waals surface area contributed by atoms with Crippen LogP contribution in [0, 0.1) is 16.7 Å². The van der Waals surface area contributed by atoms with Crippen molar-refractivity contribution in [3.05, 3.63) is 28.8 Å². The van der Waals surface area contributed by atoms with E-state index in [9.17, 15) is 0 Å². The van der Waals surface area contributed by atoms with Crippen molar-refractivity contribution in [1.82, 2.24) is 9.97 Å². The topological polar surface area (TPSA) is 52.5 Å². The molecular formula is C12H11N3S. The number of nitrogens with zero attached hydrogens (tertiary/aromatic N) is 2. The molecule has 2 aromatic heterocycles. The number of H-pyrrole nitrogens is 1. The van der Waals surface area contributed by atoms with Crippen molar-refractivity contribution in [3.63, 3.8) is 0 Å². The summed E-state index contributed by atoms with van der Waals surface area (Å²) in [6.45, 7) is 0. The van der Waals surface area contributed by atoms with Crippen LogP contribution in [0.5, 0.6) is 0 Å². The van der Waals surface area contributed by atoms with Crippen LogP contribution in [0.3, 0.4) is 0 Å². The molecule has 3 nitrogen and oxygen atoms in total. The molecule has 2 aromatic rings. The molecule has 1 saturated carbocycles. The fourth-order valence-corrected chi connectivity index (χ4v) is 2.72. The zero-order valence-corrected chi connectivity index (χ0v) is 9.55. The van der Waals surface area contributed by atoms with Crippen LogP contribution in [0.15, 0.2) is 23.8 Å². The van der Waals surface area contributed by atoms with Crippen LogP contribution in [-0.2, 0) is 6.42 Å². The monoisotopic (exact) mass is 229 g/mol. The molecule has 0 aromatic carbocycles. The molecule has 0 bridgehead atoms. The molecule has 1 aliphatic carbocycles. The number of nitriles is 1. The van der Waals surface area contributed by atoms with Crippen LogP contribution >= 0.6 is 11.3 Å². The van der Waals surface area contributed by atoms with E-state index in [1.54, 1.807) is 11.3 Å². The van der Waals surface area contributed by atoms with Crippen molar-refractivity contribution in [3.8, 4) is 17.3 Å². The summed E-state index contributed by atoms with van der Waals surface area (Å²) in [5, 5.41) is 12.2. The number of thiazole rings is 1. The summed E-state index contributed by atoms with van der Waals surface area (Å²) in [4.78, 5) is 7.59. The quantitative estimate of drug-likeness (QED) is 0.879. The van der Waals surface area contributed by atoms with Gasteiger partial charge >= 0.3 is 0 Å². The average molecular weight is 229 g/mol. The first-order valence-electron chi connectivity index (χ1n) is 5.30. The minimum Gasteiger partial charge on any atom is -0.367 e. The maximum atomic E-state index is 9.03. The van der Waals surface area contributed by atoms with Crippen molar-refractivity contribution in [1.29, 1.82) is 5.26 Å². The predicted octanol–water partition coefficient (Wildman–Crippen LogP) is 2.98. The first-order valence-corrected chi connectivity index (χ1v) is 6.18. The lowest BCUT2D eigenvalue weighted by atomic mass is 10.1. The van der Waals surface area contributed by atoms with E-state index in [0.29, 0.717) is 0 Å². The van der Waals surface area contributed by atoms with Crippen LogP contribution in [-0.4, -0.2) is 9.97 Å². The lowest BCUT2D eigenvalue weighted by molar-refractivity contribution is 0.662. The fraction of sp³-hybridized carbons (Fsp3) is 0.333. The maximum Gasteiger partial charge on any atom is 0.0948 e. The van der Waals surface area contributed by atoms with Crippen molar-refractivity contribution in [2.45, 2.75) is 19.3 Å². The molecule has 4 heteroatoms. The van der Waals surface area contributed by atoms with Gasteiger partial charge in [-0.15, -0.1) is 11.3 Å². The van der Waals surface area contributed by atoms with Crippen LogP contribution in [0.25, 0.3) is 11.3 Å². The van der Waals surface area contributed by atoms with Crippen LogP contribution in [0.2, 0.25) is 0 Å². The minimum absolute atomic E-state index is 0.0900. The van der Waals surface area contributed by atoms with Gasteiger partial charge in [0, 0.05) is 29.8 Å². The van der Waals surface area contributed by atoms with Gasteiger partial charge in [0.25, 0.3) is 0 Å². The molecule has 0 aliphatic heterocycles. The second-order valence-electron chi connectivity index (χ2n) is 4.30. The third-order valence-electron chi connectivity index (χ3n) is 3.03. The molecule has 1 aliphatic rings. The highest BCUT2D eigenvalue weighted by molar-refractivity contribution is 7.09. The van der Waals surface area contributed by atoms with Gasteiger partial charge in [0.1, 0.15) is 0 Å². The third kappa shape index (κ3) is 1.63. The summed E-state index contributed by atoms with van der Waals surface area (Å²) in [6, 6.07) is 4.42. The predicted molar refractivity (Wildman–Crippen MR) is 62.9 cm³/mol. The molecule has 3 rings (SSSR count). The number of hydrogen-bond acceptors (Lipinski definition) is 3. The van der Waals surface area contributed by atoms with Crippen molar-refractivity contribution in [2.75, 3.05) is 0 Å². The van der Waals surface area contributed by atoms with E-state index >= 15 is 0 Å². The molecule has 1 fully saturated rings. The maximum absolute atomic E-state index is 9.03. The Labute approximate surface area is 97.8 Å². The third-order valence-corrected chi connectivity index (χ3v) is 3.87. The molecule has 0 amide bonds. The molecule has 0 unspecified atom stereocenters. The standard InChI is InChI=1S/C12H11N3S/c13-8-12(2-3-12)5-11-15-10(7-16-11)9-1-4-14-6-9/h1,4,6-7,14H,2-3,5H2. The molecule has 0 radical (unpaired) electrons. The molecule has 80 valence electrons. The Morgan fingerprint density at radius 1 is 1.56 bits per heavy atom. The second kappa shape index (κ2) is 3.46. The molecule has 1 N–H and O–H groups in total. The van der Waals surface area contributed by atoms with E-state index < -0.39 is 0 Å². The van der Waals surface area contributed by atoms with Crippen molar-refractivity contribution < 1.29 is 0 Å². The highest BCUT2D eigenvalue weighted by atomic mass is 32.1. The Hall–Kier alpha value is -1.60. The van der Waals surface area contributed by atoms with Gasteiger partial charge in [-0.05, 0) is 18.9 Å². The number of aromatic nitrogens is 2. The van der Waals surface area contributed by atoms with Gasteiger partial charge in [-0.2, -0.15) is 5.26 Å². The van der Waals surface area contributed by atoms with Gasteiger partial charge < -0.3 is 4.98 Å². The van der Waals surface area contributed by atoms with Gasteiger partial charge in [0.15, 0.2) is 0 Å². The molecule has 0 saturated heterocycles. The van der Waals surface area contributed by atoms with Crippen molar-refractivity contribution >= 4 is 11.3 Å². The summed E-state index contributed by atoms with van der Waals surface area (Å²) in [6.07, 6.45) is 6.71. The largest absolute Gasteiger partial charge is 0.367 e. The van der Waals surface area contributed by atoms with E-state index in [-0.39, 0.29) is 5.41 Å². The second-order valence-corrected chi connectivity index (χ2v) is 5.24. The normalized spacial score (nSPS) is 16.9. The molecule has 2 heterocycles. The summed E-state index contributed by atoms with van der Waals surface area (Å²) in [5.74, 6) is 0. The lowest BCUT2D eigenvalue weighted by Crippen LogP contribution is -2.00. The summed E-state index contributed by atoms with van der Waals surface area (Å²) < 4.78 is 0.